The minimum atomic E-state index is -0.149. The summed E-state index contributed by atoms with van der Waals surface area (Å²) in [5, 5.41) is 12.7. The first-order valence-electron chi connectivity index (χ1n) is 13.8. The molecule has 3 aromatic rings. The van der Waals surface area contributed by atoms with E-state index in [1.807, 2.05) is 49.2 Å². The molecule has 10 nitrogen and oxygen atoms in total. The van der Waals surface area contributed by atoms with Crippen LogP contribution in [0.4, 0.5) is 5.69 Å². The Morgan fingerprint density at radius 1 is 1.00 bits per heavy atom. The monoisotopic (exact) mass is 649 g/mol. The summed E-state index contributed by atoms with van der Waals surface area (Å²) < 4.78 is 0. The Bertz CT molecular complexity index is 1380. The normalized spacial score (nSPS) is 12.0. The molecular formula is C30H41Cl2N7O3S. The zero-order chi connectivity index (χ0) is 29.5. The number of carbonyl (C=O) groups excluding carboxylic acids is 3. The number of fused-ring (bicyclic) bond motifs is 1. The maximum atomic E-state index is 13.3. The van der Waals surface area contributed by atoms with Gasteiger partial charge in [-0.1, -0.05) is 31.2 Å². The topological polar surface area (TPSA) is 101 Å². The number of benzene rings is 2. The fraction of sp³-hybridized carbons (Fsp3) is 0.400. The van der Waals surface area contributed by atoms with Gasteiger partial charge in [-0.2, -0.15) is 0 Å². The van der Waals surface area contributed by atoms with Crippen LogP contribution < -0.4 is 10.6 Å². The predicted molar refractivity (Wildman–Crippen MR) is 177 cm³/mol. The van der Waals surface area contributed by atoms with Crippen molar-refractivity contribution >= 4 is 59.6 Å². The van der Waals surface area contributed by atoms with Crippen molar-refractivity contribution in [2.75, 3.05) is 59.2 Å². The Kier molecular flexibility index (Phi) is 13.9. The molecule has 4 rings (SSSR count). The van der Waals surface area contributed by atoms with Crippen LogP contribution in [0.1, 0.15) is 34.1 Å². The molecule has 0 unspecified atom stereocenters. The molecule has 0 radical (unpaired) electrons. The lowest BCUT2D eigenvalue weighted by molar-refractivity contribution is -0.151. The van der Waals surface area contributed by atoms with E-state index >= 15 is 0 Å². The number of hydrogen-bond acceptors (Lipinski definition) is 8. The molecule has 0 spiro atoms. The van der Waals surface area contributed by atoms with Gasteiger partial charge in [0.2, 0.25) is 5.91 Å². The van der Waals surface area contributed by atoms with Crippen LogP contribution in [-0.2, 0) is 22.7 Å². The van der Waals surface area contributed by atoms with Crippen molar-refractivity contribution in [1.82, 2.24) is 30.1 Å². The summed E-state index contributed by atoms with van der Waals surface area (Å²) in [6.07, 6.45) is 0. The van der Waals surface area contributed by atoms with E-state index in [1.165, 1.54) is 27.4 Å². The van der Waals surface area contributed by atoms with Crippen LogP contribution >= 0.6 is 36.2 Å². The standard InChI is InChI=1S/C30H39N7O3S.2ClH/c1-6-31-13-14-36(19-28(39)35(5)37-17-23-9-7-8-10-24(23)18-37)27(38)16-32-25-12-11-22(15-21(25)2)29-33-26(20-41-29)30(40)34(3)4;;/h7-12,15,20,31-32H,6,13-14,16-19H2,1-5H3;2*1H. The molecular weight excluding hydrogens is 609 g/mol. The minimum absolute atomic E-state index is 0. The van der Waals surface area contributed by atoms with Crippen LogP contribution in [-0.4, -0.2) is 96.4 Å². The van der Waals surface area contributed by atoms with Crippen molar-refractivity contribution in [3.05, 3.63) is 70.2 Å². The summed E-state index contributed by atoms with van der Waals surface area (Å²) in [6.45, 7) is 7.22. The highest BCUT2D eigenvalue weighted by atomic mass is 35.5. The van der Waals surface area contributed by atoms with E-state index in [0.29, 0.717) is 31.9 Å². The molecule has 1 aliphatic rings. The number of hydrogen-bond donors (Lipinski definition) is 2. The third-order valence-corrected chi connectivity index (χ3v) is 8.02. The van der Waals surface area contributed by atoms with Gasteiger partial charge in [0.05, 0.1) is 6.54 Å². The lowest BCUT2D eigenvalue weighted by Gasteiger charge is -2.31. The molecule has 0 atom stereocenters. The summed E-state index contributed by atoms with van der Waals surface area (Å²) in [6, 6.07) is 14.0. The number of likely N-dealkylation sites (N-methyl/N-ethyl adjacent to an activating group) is 2. The number of hydrazine groups is 1. The number of thiazole rings is 1. The van der Waals surface area contributed by atoms with Gasteiger partial charge in [0.25, 0.3) is 11.8 Å². The van der Waals surface area contributed by atoms with Gasteiger partial charge in [0.1, 0.15) is 17.2 Å². The van der Waals surface area contributed by atoms with E-state index in [0.717, 1.165) is 28.4 Å². The highest BCUT2D eigenvalue weighted by Gasteiger charge is 2.27. The highest BCUT2D eigenvalue weighted by Crippen LogP contribution is 2.28. The zero-order valence-corrected chi connectivity index (χ0v) is 27.7. The van der Waals surface area contributed by atoms with Gasteiger partial charge < -0.3 is 20.4 Å². The first kappa shape index (κ1) is 36.0. The quantitative estimate of drug-likeness (QED) is 0.287. The van der Waals surface area contributed by atoms with Crippen LogP contribution in [0, 0.1) is 6.92 Å². The summed E-state index contributed by atoms with van der Waals surface area (Å²) in [7, 11) is 5.18. The number of nitrogens with zero attached hydrogens (tertiary/aromatic N) is 5. The van der Waals surface area contributed by atoms with Gasteiger partial charge in [-0.15, -0.1) is 36.2 Å². The lowest BCUT2D eigenvalue weighted by atomic mass is 10.1. The van der Waals surface area contributed by atoms with E-state index < -0.39 is 0 Å². The number of aromatic nitrogens is 1. The summed E-state index contributed by atoms with van der Waals surface area (Å²) in [5.41, 5.74) is 5.55. The van der Waals surface area contributed by atoms with Gasteiger partial charge in [-0.25, -0.2) is 9.99 Å². The van der Waals surface area contributed by atoms with Crippen LogP contribution in [0.2, 0.25) is 0 Å². The number of halogens is 2. The third-order valence-electron chi connectivity index (χ3n) is 7.13. The fourth-order valence-corrected chi connectivity index (χ4v) is 5.44. The van der Waals surface area contributed by atoms with E-state index in [2.05, 4.69) is 27.8 Å². The second-order valence-corrected chi connectivity index (χ2v) is 11.2. The van der Waals surface area contributed by atoms with E-state index in [-0.39, 0.29) is 55.6 Å². The van der Waals surface area contributed by atoms with Crippen LogP contribution in [0.25, 0.3) is 10.6 Å². The molecule has 1 aromatic heterocycles. The molecule has 0 saturated carbocycles. The van der Waals surface area contributed by atoms with Crippen LogP contribution in [0.15, 0.2) is 47.8 Å². The van der Waals surface area contributed by atoms with Gasteiger partial charge in [-0.05, 0) is 48.4 Å². The maximum absolute atomic E-state index is 13.3. The minimum Gasteiger partial charge on any atom is -0.376 e. The van der Waals surface area contributed by atoms with Gasteiger partial charge in [0.15, 0.2) is 0 Å². The molecule has 234 valence electrons. The number of aryl methyl sites for hydroxylation is 1. The van der Waals surface area contributed by atoms with Gasteiger partial charge in [0, 0.05) is 64.0 Å². The molecule has 2 aromatic carbocycles. The zero-order valence-electron chi connectivity index (χ0n) is 25.3. The molecule has 1 aliphatic heterocycles. The number of amides is 3. The Morgan fingerprint density at radius 2 is 1.67 bits per heavy atom. The van der Waals surface area contributed by atoms with E-state index in [1.54, 1.807) is 36.4 Å². The fourth-order valence-electron chi connectivity index (χ4n) is 4.64. The van der Waals surface area contributed by atoms with Gasteiger partial charge >= 0.3 is 0 Å². The summed E-state index contributed by atoms with van der Waals surface area (Å²) in [5.74, 6) is -0.404. The summed E-state index contributed by atoms with van der Waals surface area (Å²) >= 11 is 1.42. The smallest absolute Gasteiger partial charge is 0.272 e. The predicted octanol–water partition coefficient (Wildman–Crippen LogP) is 3.90. The molecule has 3 amide bonds. The van der Waals surface area contributed by atoms with Gasteiger partial charge in [-0.3, -0.25) is 19.4 Å². The summed E-state index contributed by atoms with van der Waals surface area (Å²) in [4.78, 5) is 46.3. The average Bonchev–Trinajstić information content (AvgIpc) is 3.63. The Morgan fingerprint density at radius 3 is 2.28 bits per heavy atom. The second kappa shape index (κ2) is 16.6. The molecule has 0 bridgehead atoms. The molecule has 0 fully saturated rings. The van der Waals surface area contributed by atoms with Crippen molar-refractivity contribution in [3.63, 3.8) is 0 Å². The second-order valence-electron chi connectivity index (χ2n) is 10.3. The SMILES string of the molecule is CCNCCN(CC(=O)N(C)N1Cc2ccccc2C1)C(=O)CNc1ccc(-c2nc(C(=O)N(C)C)cs2)cc1C.Cl.Cl. The van der Waals surface area contributed by atoms with Crippen LogP contribution in [0.5, 0.6) is 0 Å². The molecule has 2 N–H and O–H groups in total. The molecule has 13 heteroatoms. The maximum Gasteiger partial charge on any atom is 0.272 e. The number of nitrogens with one attached hydrogen (secondary N) is 2. The molecule has 0 saturated heterocycles. The van der Waals surface area contributed by atoms with Crippen molar-refractivity contribution < 1.29 is 14.4 Å². The van der Waals surface area contributed by atoms with Crippen molar-refractivity contribution in [2.24, 2.45) is 0 Å². The molecule has 43 heavy (non-hydrogen) atoms. The van der Waals surface area contributed by atoms with Crippen LogP contribution in [0.3, 0.4) is 0 Å². The first-order chi connectivity index (χ1) is 19.7. The highest BCUT2D eigenvalue weighted by molar-refractivity contribution is 7.13. The van der Waals surface area contributed by atoms with Crippen molar-refractivity contribution in [2.45, 2.75) is 26.9 Å². The first-order valence-corrected chi connectivity index (χ1v) is 14.6. The Balaban J connectivity index is 0.00000323. The average molecular weight is 651 g/mol. The Labute approximate surface area is 270 Å². The van der Waals surface area contributed by atoms with E-state index in [4.69, 9.17) is 0 Å². The molecule has 2 heterocycles. The lowest BCUT2D eigenvalue weighted by Crippen LogP contribution is -2.49. The largest absolute Gasteiger partial charge is 0.376 e. The van der Waals surface area contributed by atoms with Crippen molar-refractivity contribution in [3.8, 4) is 10.6 Å². The third kappa shape index (κ3) is 9.14. The number of anilines is 1. The van der Waals surface area contributed by atoms with Crippen molar-refractivity contribution in [1.29, 1.82) is 0 Å². The Hall–Kier alpha value is -3.22. The number of rotatable bonds is 12. The molecule has 0 aliphatic carbocycles. The van der Waals surface area contributed by atoms with E-state index in [9.17, 15) is 14.4 Å². The number of carbonyl (C=O) groups is 3.